The zero-order valence-electron chi connectivity index (χ0n) is 14.8. The van der Waals surface area contributed by atoms with E-state index in [9.17, 15) is 9.59 Å². The minimum absolute atomic E-state index is 0.139. The van der Waals surface area contributed by atoms with Crippen molar-refractivity contribution in [2.24, 2.45) is 0 Å². The molecule has 1 aromatic rings. The van der Waals surface area contributed by atoms with Gasteiger partial charge in [-0.05, 0) is 51.8 Å². The van der Waals surface area contributed by atoms with Gasteiger partial charge in [-0.1, -0.05) is 6.07 Å². The topological polar surface area (TPSA) is 94.5 Å². The first-order valence-electron chi connectivity index (χ1n) is 8.32. The molecule has 3 amide bonds. The third kappa shape index (κ3) is 5.99. The molecule has 1 fully saturated rings. The average Bonchev–Trinajstić information content (AvgIpc) is 2.53. The summed E-state index contributed by atoms with van der Waals surface area (Å²) in [5.74, 6) is 0. The highest BCUT2D eigenvalue weighted by molar-refractivity contribution is 5.89. The predicted octanol–water partition coefficient (Wildman–Crippen LogP) is 3.08. The number of hydrogen-bond donors (Lipinski definition) is 2. The molecule has 0 spiro atoms. The Hall–Kier alpha value is -2.75. The van der Waals surface area contributed by atoms with Gasteiger partial charge in [0.05, 0.1) is 11.6 Å². The van der Waals surface area contributed by atoms with Crippen LogP contribution in [0.2, 0.25) is 0 Å². The van der Waals surface area contributed by atoms with Gasteiger partial charge in [0.2, 0.25) is 0 Å². The van der Waals surface area contributed by atoms with Crippen molar-refractivity contribution in [3.8, 4) is 6.07 Å². The van der Waals surface area contributed by atoms with Gasteiger partial charge >= 0.3 is 12.1 Å². The van der Waals surface area contributed by atoms with Crippen LogP contribution < -0.4 is 10.6 Å². The quantitative estimate of drug-likeness (QED) is 0.862. The van der Waals surface area contributed by atoms with Crippen LogP contribution >= 0.6 is 0 Å². The molecule has 1 aliphatic rings. The molecular formula is C18H24N4O3. The van der Waals surface area contributed by atoms with E-state index >= 15 is 0 Å². The monoisotopic (exact) mass is 344 g/mol. The van der Waals surface area contributed by atoms with Gasteiger partial charge in [-0.25, -0.2) is 9.59 Å². The fraction of sp³-hybridized carbons (Fsp3) is 0.500. The van der Waals surface area contributed by atoms with Crippen LogP contribution in [0.25, 0.3) is 0 Å². The van der Waals surface area contributed by atoms with Crippen LogP contribution in [0.4, 0.5) is 15.3 Å². The number of carbonyl (C=O) groups excluding carboxylic acids is 2. The number of ether oxygens (including phenoxy) is 1. The molecule has 0 radical (unpaired) electrons. The van der Waals surface area contributed by atoms with Crippen molar-refractivity contribution in [2.75, 3.05) is 18.4 Å². The number of anilines is 1. The van der Waals surface area contributed by atoms with Gasteiger partial charge in [0.25, 0.3) is 0 Å². The smallest absolute Gasteiger partial charge is 0.407 e. The number of nitrogens with one attached hydrogen (secondary N) is 2. The molecule has 2 rings (SSSR count). The van der Waals surface area contributed by atoms with Crippen molar-refractivity contribution in [3.05, 3.63) is 29.8 Å². The van der Waals surface area contributed by atoms with E-state index < -0.39 is 11.7 Å². The van der Waals surface area contributed by atoms with E-state index in [2.05, 4.69) is 10.6 Å². The van der Waals surface area contributed by atoms with Gasteiger partial charge in [0.1, 0.15) is 5.60 Å². The highest BCUT2D eigenvalue weighted by Crippen LogP contribution is 2.15. The lowest BCUT2D eigenvalue weighted by Crippen LogP contribution is -2.51. The molecule has 0 unspecified atom stereocenters. The summed E-state index contributed by atoms with van der Waals surface area (Å²) in [6.45, 7) is 6.47. The van der Waals surface area contributed by atoms with Crippen molar-refractivity contribution in [2.45, 2.75) is 45.3 Å². The summed E-state index contributed by atoms with van der Waals surface area (Å²) in [6.07, 6.45) is 1.13. The lowest BCUT2D eigenvalue weighted by Gasteiger charge is -2.33. The fourth-order valence-corrected chi connectivity index (χ4v) is 2.62. The second-order valence-electron chi connectivity index (χ2n) is 7.05. The van der Waals surface area contributed by atoms with E-state index in [1.165, 1.54) is 0 Å². The summed E-state index contributed by atoms with van der Waals surface area (Å²) in [5.41, 5.74) is 0.508. The predicted molar refractivity (Wildman–Crippen MR) is 94.1 cm³/mol. The maximum Gasteiger partial charge on any atom is 0.407 e. The van der Waals surface area contributed by atoms with Crippen molar-refractivity contribution in [1.82, 2.24) is 10.2 Å². The normalized spacial score (nSPS) is 17.4. The van der Waals surface area contributed by atoms with Crippen molar-refractivity contribution < 1.29 is 14.3 Å². The zero-order chi connectivity index (χ0) is 18.4. The fourth-order valence-electron chi connectivity index (χ4n) is 2.62. The van der Waals surface area contributed by atoms with E-state index in [4.69, 9.17) is 10.00 Å². The van der Waals surface area contributed by atoms with Crippen LogP contribution in [-0.2, 0) is 4.74 Å². The van der Waals surface area contributed by atoms with Crippen LogP contribution in [0, 0.1) is 11.3 Å². The molecule has 25 heavy (non-hydrogen) atoms. The SMILES string of the molecule is CC(C)(C)OC(=O)N[C@@H]1CCCN(C(=O)Nc2cccc(C#N)c2)C1. The molecule has 1 aromatic carbocycles. The number of carbonyl (C=O) groups is 2. The number of rotatable bonds is 2. The number of alkyl carbamates (subject to hydrolysis) is 1. The molecule has 1 aliphatic heterocycles. The largest absolute Gasteiger partial charge is 0.444 e. The Morgan fingerprint density at radius 3 is 2.80 bits per heavy atom. The van der Waals surface area contributed by atoms with Crippen LogP contribution in [0.3, 0.4) is 0 Å². The number of piperidine rings is 1. The standard InChI is InChI=1S/C18H24N4O3/c1-18(2,3)25-17(24)21-15-8-5-9-22(12-15)16(23)20-14-7-4-6-13(10-14)11-19/h4,6-7,10,15H,5,8-9,12H2,1-3H3,(H,20,23)(H,21,24)/t15-/m1/s1. The van der Waals surface area contributed by atoms with E-state index in [0.717, 1.165) is 12.8 Å². The third-order valence-corrected chi connectivity index (χ3v) is 3.67. The van der Waals surface area contributed by atoms with E-state index in [1.807, 2.05) is 26.8 Å². The Bertz CT molecular complexity index is 676. The Morgan fingerprint density at radius 2 is 2.12 bits per heavy atom. The van der Waals surface area contributed by atoms with Gasteiger partial charge in [-0.2, -0.15) is 5.26 Å². The molecule has 0 aliphatic carbocycles. The highest BCUT2D eigenvalue weighted by atomic mass is 16.6. The molecule has 7 nitrogen and oxygen atoms in total. The third-order valence-electron chi connectivity index (χ3n) is 3.67. The van der Waals surface area contributed by atoms with Gasteiger partial charge < -0.3 is 20.3 Å². The van der Waals surface area contributed by atoms with E-state index in [0.29, 0.717) is 24.3 Å². The molecule has 134 valence electrons. The molecule has 0 bridgehead atoms. The Balaban J connectivity index is 1.90. The lowest BCUT2D eigenvalue weighted by atomic mass is 10.1. The van der Waals surface area contributed by atoms with Gasteiger partial charge in [0, 0.05) is 24.8 Å². The van der Waals surface area contributed by atoms with Gasteiger partial charge in [-0.3, -0.25) is 0 Å². The van der Waals surface area contributed by atoms with Crippen LogP contribution in [0.1, 0.15) is 39.2 Å². The first kappa shape index (κ1) is 18.6. The Kier molecular flexibility index (Phi) is 5.86. The molecule has 0 saturated carbocycles. The molecule has 1 saturated heterocycles. The first-order chi connectivity index (χ1) is 11.8. The van der Waals surface area contributed by atoms with E-state index in [-0.39, 0.29) is 12.1 Å². The maximum atomic E-state index is 12.4. The van der Waals surface area contributed by atoms with Crippen LogP contribution in [0.5, 0.6) is 0 Å². The number of nitrogens with zero attached hydrogens (tertiary/aromatic N) is 2. The summed E-state index contributed by atoms with van der Waals surface area (Å²) >= 11 is 0. The highest BCUT2D eigenvalue weighted by Gasteiger charge is 2.26. The first-order valence-corrected chi connectivity index (χ1v) is 8.32. The number of hydrogen-bond acceptors (Lipinski definition) is 4. The summed E-state index contributed by atoms with van der Waals surface area (Å²) in [7, 11) is 0. The molecule has 1 heterocycles. The molecule has 2 N–H and O–H groups in total. The molecular weight excluding hydrogens is 320 g/mol. The van der Waals surface area contributed by atoms with Crippen LogP contribution in [0.15, 0.2) is 24.3 Å². The van der Waals surface area contributed by atoms with Crippen molar-refractivity contribution >= 4 is 17.8 Å². The molecule has 1 atom stereocenters. The number of urea groups is 1. The average molecular weight is 344 g/mol. The summed E-state index contributed by atoms with van der Waals surface area (Å²) in [5, 5.41) is 14.5. The van der Waals surface area contributed by atoms with E-state index in [1.54, 1.807) is 29.2 Å². The van der Waals surface area contributed by atoms with Crippen molar-refractivity contribution in [3.63, 3.8) is 0 Å². The summed E-state index contributed by atoms with van der Waals surface area (Å²) in [4.78, 5) is 26.0. The Morgan fingerprint density at radius 1 is 1.36 bits per heavy atom. The minimum atomic E-state index is -0.554. The number of amides is 3. The number of benzene rings is 1. The van der Waals surface area contributed by atoms with Gasteiger partial charge in [-0.15, -0.1) is 0 Å². The number of nitriles is 1. The zero-order valence-corrected chi connectivity index (χ0v) is 14.8. The Labute approximate surface area is 147 Å². The second kappa shape index (κ2) is 7.88. The summed E-state index contributed by atoms with van der Waals surface area (Å²) in [6, 6.07) is 8.41. The molecule has 7 heteroatoms. The lowest BCUT2D eigenvalue weighted by molar-refractivity contribution is 0.0480. The summed E-state index contributed by atoms with van der Waals surface area (Å²) < 4.78 is 5.26. The molecule has 0 aromatic heterocycles. The van der Waals surface area contributed by atoms with Gasteiger partial charge in [0.15, 0.2) is 0 Å². The second-order valence-corrected chi connectivity index (χ2v) is 7.05. The number of likely N-dealkylation sites (tertiary alicyclic amines) is 1. The minimum Gasteiger partial charge on any atom is -0.444 e. The maximum absolute atomic E-state index is 12.4. The van der Waals surface area contributed by atoms with Crippen molar-refractivity contribution in [1.29, 1.82) is 5.26 Å². The van der Waals surface area contributed by atoms with Crippen LogP contribution in [-0.4, -0.2) is 41.8 Å².